The maximum absolute atomic E-state index is 13.0. The molecule has 0 amide bonds. The summed E-state index contributed by atoms with van der Waals surface area (Å²) in [4.78, 5) is 13.0. The Morgan fingerprint density at radius 3 is 3.05 bits per heavy atom. The molecule has 2 aliphatic rings. The van der Waals surface area contributed by atoms with Gasteiger partial charge in [0.25, 0.3) is 0 Å². The molecule has 1 heteroatoms. The van der Waals surface area contributed by atoms with Gasteiger partial charge < -0.3 is 0 Å². The van der Waals surface area contributed by atoms with Crippen molar-refractivity contribution in [1.29, 1.82) is 0 Å². The molecule has 0 saturated heterocycles. The summed E-state index contributed by atoms with van der Waals surface area (Å²) in [5.74, 6) is 0.747. The van der Waals surface area contributed by atoms with Crippen LogP contribution in [0.3, 0.4) is 0 Å². The number of rotatable bonds is 4. The molecule has 1 saturated carbocycles. The van der Waals surface area contributed by atoms with Crippen LogP contribution in [0.2, 0.25) is 0 Å². The molecule has 0 radical (unpaired) electrons. The third kappa shape index (κ3) is 2.74. The number of carbonyl (C=O) groups is 1. The predicted molar refractivity (Wildman–Crippen MR) is 88.0 cm³/mol. The third-order valence-corrected chi connectivity index (χ3v) is 5.14. The zero-order chi connectivity index (χ0) is 14.7. The van der Waals surface area contributed by atoms with Crippen molar-refractivity contribution in [3.63, 3.8) is 0 Å². The van der Waals surface area contributed by atoms with Gasteiger partial charge in [-0.2, -0.15) is 0 Å². The highest BCUT2D eigenvalue weighted by atomic mass is 16.1. The molecule has 0 bridgehead atoms. The second kappa shape index (κ2) is 6.01. The summed E-state index contributed by atoms with van der Waals surface area (Å²) >= 11 is 0. The first-order valence-electron chi connectivity index (χ1n) is 8.17. The maximum Gasteiger partial charge on any atom is 0.146 e. The Bertz CT molecular complexity index is 569. The number of allylic oxidation sites excluding steroid dienone is 2. The van der Waals surface area contributed by atoms with E-state index in [2.05, 4.69) is 43.0 Å². The summed E-state index contributed by atoms with van der Waals surface area (Å²) in [6, 6.07) is 8.48. The Labute approximate surface area is 127 Å². The van der Waals surface area contributed by atoms with Crippen LogP contribution in [0.5, 0.6) is 0 Å². The van der Waals surface area contributed by atoms with Crippen LogP contribution >= 0.6 is 0 Å². The van der Waals surface area contributed by atoms with Gasteiger partial charge in [-0.3, -0.25) is 4.79 Å². The maximum atomic E-state index is 13.0. The van der Waals surface area contributed by atoms with Gasteiger partial charge in [0.1, 0.15) is 5.78 Å². The summed E-state index contributed by atoms with van der Waals surface area (Å²) < 4.78 is 0. The van der Waals surface area contributed by atoms with Gasteiger partial charge in [0.15, 0.2) is 0 Å². The summed E-state index contributed by atoms with van der Waals surface area (Å²) in [5, 5.41) is 0. The van der Waals surface area contributed by atoms with E-state index >= 15 is 0 Å². The van der Waals surface area contributed by atoms with Crippen molar-refractivity contribution in [2.45, 2.75) is 44.9 Å². The smallest absolute Gasteiger partial charge is 0.146 e. The predicted octanol–water partition coefficient (Wildman–Crippen LogP) is 4.97. The van der Waals surface area contributed by atoms with Crippen molar-refractivity contribution < 1.29 is 4.79 Å². The fourth-order valence-corrected chi connectivity index (χ4v) is 3.96. The van der Waals surface area contributed by atoms with E-state index in [1.807, 2.05) is 6.08 Å². The molecule has 1 fully saturated rings. The molecule has 0 heterocycles. The Balaban J connectivity index is 1.79. The Kier molecular flexibility index (Phi) is 4.10. The van der Waals surface area contributed by atoms with Crippen molar-refractivity contribution in [3.8, 4) is 0 Å². The summed E-state index contributed by atoms with van der Waals surface area (Å²) in [7, 11) is 0. The molecule has 2 aliphatic carbocycles. The molecule has 1 spiro atoms. The minimum Gasteiger partial charge on any atom is -0.298 e. The lowest BCUT2D eigenvalue weighted by atomic mass is 9.62. The number of hydrogen-bond acceptors (Lipinski definition) is 1. The number of Topliss-reactive ketones (excluding diaryl/α,β-unsaturated/α-hetero) is 1. The van der Waals surface area contributed by atoms with Crippen molar-refractivity contribution in [2.24, 2.45) is 11.3 Å². The van der Waals surface area contributed by atoms with Crippen LogP contribution in [0.25, 0.3) is 6.08 Å². The van der Waals surface area contributed by atoms with Gasteiger partial charge >= 0.3 is 0 Å². The summed E-state index contributed by atoms with van der Waals surface area (Å²) in [5.41, 5.74) is 2.40. The highest BCUT2D eigenvalue weighted by Gasteiger charge is 2.43. The topological polar surface area (TPSA) is 17.1 Å². The van der Waals surface area contributed by atoms with E-state index in [1.165, 1.54) is 17.5 Å². The van der Waals surface area contributed by atoms with Gasteiger partial charge in [0.2, 0.25) is 0 Å². The number of ketones is 1. The largest absolute Gasteiger partial charge is 0.298 e. The number of hydrogen-bond donors (Lipinski definition) is 0. The summed E-state index contributed by atoms with van der Waals surface area (Å²) in [6.45, 7) is 3.77. The van der Waals surface area contributed by atoms with E-state index in [9.17, 15) is 4.79 Å². The van der Waals surface area contributed by atoms with E-state index in [0.717, 1.165) is 38.5 Å². The minimum atomic E-state index is -0.217. The minimum absolute atomic E-state index is 0.217. The lowest BCUT2D eigenvalue weighted by Gasteiger charge is -2.39. The number of unbranched alkanes of at least 4 members (excludes halogenated alkanes) is 1. The highest BCUT2D eigenvalue weighted by Crippen LogP contribution is 2.44. The summed E-state index contributed by atoms with van der Waals surface area (Å²) in [6.07, 6.45) is 13.7. The number of carbonyl (C=O) groups excluding carboxylic acids is 1. The first kappa shape index (κ1) is 14.3. The molecule has 0 N–H and O–H groups in total. The Hall–Kier alpha value is -1.63. The van der Waals surface area contributed by atoms with Gasteiger partial charge in [-0.15, -0.1) is 6.58 Å². The molecule has 1 unspecified atom stereocenters. The lowest BCUT2D eigenvalue weighted by Crippen LogP contribution is -2.41. The number of benzene rings is 1. The standard InChI is InChI=1S/C20H24O/c1-2-3-4-9-17-11-7-13-20(19(17)21)14-12-16-8-5-6-10-18(16)15-20/h2,5-6,8,10,12,14,17H,1,3-4,7,9,11,13,15H2/t17?,20-/m1/s1. The fourth-order valence-electron chi connectivity index (χ4n) is 3.96. The zero-order valence-corrected chi connectivity index (χ0v) is 12.7. The average Bonchev–Trinajstić information content (AvgIpc) is 2.52. The van der Waals surface area contributed by atoms with Gasteiger partial charge in [0.05, 0.1) is 5.41 Å². The SMILES string of the molecule is C=CCCCC1CCC[C@]2(C=Cc3ccccc3C2)C1=O. The molecule has 0 aromatic heterocycles. The van der Waals surface area contributed by atoms with Crippen LogP contribution in [0, 0.1) is 11.3 Å². The van der Waals surface area contributed by atoms with E-state index in [4.69, 9.17) is 0 Å². The van der Waals surface area contributed by atoms with Crippen molar-refractivity contribution in [2.75, 3.05) is 0 Å². The molecular formula is C20H24O. The molecule has 0 aliphatic heterocycles. The molecule has 110 valence electrons. The molecule has 1 aromatic rings. The van der Waals surface area contributed by atoms with Crippen molar-refractivity contribution in [3.05, 3.63) is 54.1 Å². The second-order valence-electron chi connectivity index (χ2n) is 6.54. The molecule has 21 heavy (non-hydrogen) atoms. The van der Waals surface area contributed by atoms with Crippen LogP contribution in [0.4, 0.5) is 0 Å². The van der Waals surface area contributed by atoms with Gasteiger partial charge in [-0.25, -0.2) is 0 Å². The average molecular weight is 280 g/mol. The van der Waals surface area contributed by atoms with Gasteiger partial charge in [0, 0.05) is 5.92 Å². The van der Waals surface area contributed by atoms with Crippen molar-refractivity contribution >= 4 is 11.9 Å². The van der Waals surface area contributed by atoms with Crippen LogP contribution in [-0.4, -0.2) is 5.78 Å². The van der Waals surface area contributed by atoms with Gasteiger partial charge in [-0.1, -0.05) is 48.9 Å². The zero-order valence-electron chi connectivity index (χ0n) is 12.7. The molecule has 3 rings (SSSR count). The highest BCUT2D eigenvalue weighted by molar-refractivity contribution is 5.91. The molecule has 1 aromatic carbocycles. The van der Waals surface area contributed by atoms with E-state index in [1.54, 1.807) is 0 Å². The fraction of sp³-hybridized carbons (Fsp3) is 0.450. The quantitative estimate of drug-likeness (QED) is 0.562. The third-order valence-electron chi connectivity index (χ3n) is 5.14. The molecular weight excluding hydrogens is 256 g/mol. The van der Waals surface area contributed by atoms with Crippen LogP contribution in [-0.2, 0) is 11.2 Å². The van der Waals surface area contributed by atoms with E-state index < -0.39 is 0 Å². The Morgan fingerprint density at radius 2 is 2.19 bits per heavy atom. The van der Waals surface area contributed by atoms with Crippen LogP contribution in [0.1, 0.15) is 49.7 Å². The van der Waals surface area contributed by atoms with E-state index in [-0.39, 0.29) is 11.3 Å². The lowest BCUT2D eigenvalue weighted by molar-refractivity contribution is -0.133. The monoisotopic (exact) mass is 280 g/mol. The van der Waals surface area contributed by atoms with E-state index in [0.29, 0.717) is 5.78 Å². The Morgan fingerprint density at radius 1 is 1.33 bits per heavy atom. The molecule has 1 nitrogen and oxygen atoms in total. The normalized spacial score (nSPS) is 27.6. The first-order valence-corrected chi connectivity index (χ1v) is 8.17. The first-order chi connectivity index (χ1) is 10.2. The van der Waals surface area contributed by atoms with Crippen LogP contribution in [0.15, 0.2) is 43.0 Å². The van der Waals surface area contributed by atoms with Gasteiger partial charge in [-0.05, 0) is 49.7 Å². The number of fused-ring (bicyclic) bond motifs is 1. The second-order valence-corrected chi connectivity index (χ2v) is 6.54. The van der Waals surface area contributed by atoms with Crippen molar-refractivity contribution in [1.82, 2.24) is 0 Å². The molecule has 2 atom stereocenters. The van der Waals surface area contributed by atoms with Crippen LogP contribution < -0.4 is 0 Å².